The average molecular weight is 170 g/mol. The summed E-state index contributed by atoms with van der Waals surface area (Å²) in [7, 11) is 0. The highest BCUT2D eigenvalue weighted by molar-refractivity contribution is 5.75. The maximum absolute atomic E-state index is 10.8. The van der Waals surface area contributed by atoms with Crippen molar-refractivity contribution in [3.8, 4) is 0 Å². The second-order valence-electron chi connectivity index (χ2n) is 3.94. The fourth-order valence-corrected chi connectivity index (χ4v) is 1.78. The molecule has 0 spiro atoms. The minimum Gasteiger partial charge on any atom is -0.380 e. The third-order valence-electron chi connectivity index (χ3n) is 2.60. The van der Waals surface area contributed by atoms with Gasteiger partial charge in [0.15, 0.2) is 0 Å². The van der Waals surface area contributed by atoms with Gasteiger partial charge in [0, 0.05) is 11.8 Å². The summed E-state index contributed by atoms with van der Waals surface area (Å²) < 4.78 is 5.21. The Bertz CT molecular complexity index is 159. The van der Waals surface area contributed by atoms with Crippen molar-refractivity contribution in [1.82, 2.24) is 0 Å². The van der Waals surface area contributed by atoms with E-state index in [-0.39, 0.29) is 0 Å². The van der Waals surface area contributed by atoms with Crippen LogP contribution in [-0.4, -0.2) is 19.0 Å². The first-order chi connectivity index (χ1) is 5.68. The fraction of sp³-hybridized carbons (Fsp3) is 0.900. The monoisotopic (exact) mass is 170 g/mol. The largest absolute Gasteiger partial charge is 0.380 e. The van der Waals surface area contributed by atoms with E-state index in [1.807, 2.05) is 0 Å². The van der Waals surface area contributed by atoms with Crippen molar-refractivity contribution >= 4 is 5.78 Å². The molecule has 0 radical (unpaired) electrons. The Morgan fingerprint density at radius 1 is 1.42 bits per heavy atom. The van der Waals surface area contributed by atoms with Crippen LogP contribution in [0.25, 0.3) is 0 Å². The van der Waals surface area contributed by atoms with E-state index in [2.05, 4.69) is 6.92 Å². The molecule has 0 N–H and O–H groups in total. The van der Waals surface area contributed by atoms with E-state index in [4.69, 9.17) is 4.74 Å². The molecule has 1 heterocycles. The Labute approximate surface area is 74.3 Å². The standard InChI is InChI=1S/C10H18O2/c1-3-5-10(7-12-8-10)6-4-9(2)11/h3-8H2,1-2H3. The molecule has 0 atom stereocenters. The summed E-state index contributed by atoms with van der Waals surface area (Å²) in [6, 6.07) is 0. The normalized spacial score (nSPS) is 20.2. The molecule has 12 heavy (non-hydrogen) atoms. The van der Waals surface area contributed by atoms with Crippen LogP contribution in [0.1, 0.15) is 39.5 Å². The van der Waals surface area contributed by atoms with Gasteiger partial charge >= 0.3 is 0 Å². The van der Waals surface area contributed by atoms with Crippen LogP contribution in [-0.2, 0) is 9.53 Å². The molecule has 0 aromatic rings. The van der Waals surface area contributed by atoms with Crippen molar-refractivity contribution in [3.63, 3.8) is 0 Å². The summed E-state index contributed by atoms with van der Waals surface area (Å²) >= 11 is 0. The van der Waals surface area contributed by atoms with E-state index < -0.39 is 0 Å². The van der Waals surface area contributed by atoms with Gasteiger partial charge in [-0.1, -0.05) is 13.3 Å². The summed E-state index contributed by atoms with van der Waals surface area (Å²) in [6.45, 7) is 5.59. The number of carbonyl (C=O) groups is 1. The second kappa shape index (κ2) is 4.04. The van der Waals surface area contributed by atoms with E-state index in [0.717, 1.165) is 26.1 Å². The molecule has 1 fully saturated rings. The first-order valence-electron chi connectivity index (χ1n) is 4.76. The Balaban J connectivity index is 2.29. The molecule has 1 saturated heterocycles. The van der Waals surface area contributed by atoms with Gasteiger partial charge in [0.2, 0.25) is 0 Å². The smallest absolute Gasteiger partial charge is 0.129 e. The number of ketones is 1. The molecule has 0 aliphatic carbocycles. The van der Waals surface area contributed by atoms with Crippen LogP contribution < -0.4 is 0 Å². The highest BCUT2D eigenvalue weighted by atomic mass is 16.5. The van der Waals surface area contributed by atoms with Gasteiger partial charge in [0.05, 0.1) is 13.2 Å². The third-order valence-corrected chi connectivity index (χ3v) is 2.60. The van der Waals surface area contributed by atoms with Crippen molar-refractivity contribution < 1.29 is 9.53 Å². The maximum Gasteiger partial charge on any atom is 0.129 e. The van der Waals surface area contributed by atoms with E-state index in [1.54, 1.807) is 6.92 Å². The minimum absolute atomic E-state index is 0.303. The number of rotatable bonds is 5. The van der Waals surface area contributed by atoms with Gasteiger partial charge in [-0.25, -0.2) is 0 Å². The molecule has 0 saturated carbocycles. The van der Waals surface area contributed by atoms with Crippen LogP contribution in [0.2, 0.25) is 0 Å². The highest BCUT2D eigenvalue weighted by Crippen LogP contribution is 2.37. The van der Waals surface area contributed by atoms with Crippen LogP contribution >= 0.6 is 0 Å². The predicted octanol–water partition coefficient (Wildman–Crippen LogP) is 2.17. The first kappa shape index (κ1) is 9.72. The lowest BCUT2D eigenvalue weighted by atomic mass is 9.77. The van der Waals surface area contributed by atoms with Crippen LogP contribution in [0.5, 0.6) is 0 Å². The van der Waals surface area contributed by atoms with E-state index in [9.17, 15) is 4.79 Å². The van der Waals surface area contributed by atoms with Crippen LogP contribution in [0.3, 0.4) is 0 Å². The Kier molecular flexibility index (Phi) is 3.27. The summed E-state index contributed by atoms with van der Waals surface area (Å²) in [5, 5.41) is 0. The minimum atomic E-state index is 0.303. The predicted molar refractivity (Wildman–Crippen MR) is 48.1 cm³/mol. The van der Waals surface area contributed by atoms with Crippen LogP contribution in [0.4, 0.5) is 0 Å². The van der Waals surface area contributed by atoms with Gasteiger partial charge in [0.25, 0.3) is 0 Å². The SMILES string of the molecule is CCCC1(CCC(C)=O)COC1. The molecule has 1 aliphatic heterocycles. The quantitative estimate of drug-likeness (QED) is 0.632. The maximum atomic E-state index is 10.8. The van der Waals surface area contributed by atoms with E-state index >= 15 is 0 Å². The molecule has 0 aromatic carbocycles. The zero-order chi connectivity index (χ0) is 9.03. The van der Waals surface area contributed by atoms with Crippen molar-refractivity contribution in [2.75, 3.05) is 13.2 Å². The summed E-state index contributed by atoms with van der Waals surface area (Å²) in [5.74, 6) is 0.303. The van der Waals surface area contributed by atoms with E-state index in [0.29, 0.717) is 11.2 Å². The Morgan fingerprint density at radius 3 is 2.42 bits per heavy atom. The molecular weight excluding hydrogens is 152 g/mol. The zero-order valence-electron chi connectivity index (χ0n) is 8.06. The van der Waals surface area contributed by atoms with Gasteiger partial charge in [-0.2, -0.15) is 0 Å². The summed E-state index contributed by atoms with van der Waals surface area (Å²) in [4.78, 5) is 10.8. The number of ether oxygens (including phenoxy) is 1. The van der Waals surface area contributed by atoms with Crippen molar-refractivity contribution in [1.29, 1.82) is 0 Å². The van der Waals surface area contributed by atoms with Crippen LogP contribution in [0.15, 0.2) is 0 Å². The fourth-order valence-electron chi connectivity index (χ4n) is 1.78. The van der Waals surface area contributed by atoms with Gasteiger partial charge in [0.1, 0.15) is 5.78 Å². The van der Waals surface area contributed by atoms with Gasteiger partial charge in [-0.05, 0) is 19.8 Å². The molecule has 1 aliphatic rings. The van der Waals surface area contributed by atoms with E-state index in [1.165, 1.54) is 12.8 Å². The summed E-state index contributed by atoms with van der Waals surface area (Å²) in [5.41, 5.74) is 0.362. The molecule has 0 amide bonds. The molecule has 0 bridgehead atoms. The molecule has 0 unspecified atom stereocenters. The molecule has 2 heteroatoms. The lowest BCUT2D eigenvalue weighted by Crippen LogP contribution is -2.42. The number of hydrogen-bond acceptors (Lipinski definition) is 2. The summed E-state index contributed by atoms with van der Waals surface area (Å²) in [6.07, 6.45) is 4.15. The molecule has 0 aromatic heterocycles. The molecule has 70 valence electrons. The zero-order valence-corrected chi connectivity index (χ0v) is 8.06. The molecule has 1 rings (SSSR count). The number of hydrogen-bond donors (Lipinski definition) is 0. The Hall–Kier alpha value is -0.370. The number of carbonyl (C=O) groups excluding carboxylic acids is 1. The highest BCUT2D eigenvalue weighted by Gasteiger charge is 2.37. The Morgan fingerprint density at radius 2 is 2.08 bits per heavy atom. The first-order valence-corrected chi connectivity index (χ1v) is 4.76. The lowest BCUT2D eigenvalue weighted by Gasteiger charge is -2.41. The topological polar surface area (TPSA) is 26.3 Å². The van der Waals surface area contributed by atoms with Crippen molar-refractivity contribution in [3.05, 3.63) is 0 Å². The second-order valence-corrected chi connectivity index (χ2v) is 3.94. The van der Waals surface area contributed by atoms with Crippen molar-refractivity contribution in [2.24, 2.45) is 5.41 Å². The lowest BCUT2D eigenvalue weighted by molar-refractivity contribution is -0.131. The third kappa shape index (κ3) is 2.31. The van der Waals surface area contributed by atoms with Crippen molar-refractivity contribution in [2.45, 2.75) is 39.5 Å². The molecule has 2 nitrogen and oxygen atoms in total. The molecular formula is C10H18O2. The average Bonchev–Trinajstić information content (AvgIpc) is 1.94. The number of Topliss-reactive ketones (excluding diaryl/α,β-unsaturated/α-hetero) is 1. The van der Waals surface area contributed by atoms with Gasteiger partial charge in [-0.15, -0.1) is 0 Å². The van der Waals surface area contributed by atoms with Gasteiger partial charge in [-0.3, -0.25) is 0 Å². The van der Waals surface area contributed by atoms with Crippen LogP contribution in [0, 0.1) is 5.41 Å². The van der Waals surface area contributed by atoms with Gasteiger partial charge < -0.3 is 9.53 Å².